The van der Waals surface area contributed by atoms with E-state index < -0.39 is 0 Å². The van der Waals surface area contributed by atoms with E-state index in [1.54, 1.807) is 0 Å². The summed E-state index contributed by atoms with van der Waals surface area (Å²) in [6.07, 6.45) is 7.55. The van der Waals surface area contributed by atoms with Gasteiger partial charge in [-0.1, -0.05) is 33.6 Å². The predicted octanol–water partition coefficient (Wildman–Crippen LogP) is 3.89. The molecule has 0 atom stereocenters. The average molecular weight is 253 g/mol. The van der Waals surface area contributed by atoms with Crippen molar-refractivity contribution >= 4 is 5.78 Å². The summed E-state index contributed by atoms with van der Waals surface area (Å²) in [6.45, 7) is 6.71. The Hall–Kier alpha value is -0.370. The van der Waals surface area contributed by atoms with Crippen molar-refractivity contribution in [3.63, 3.8) is 0 Å². The molecule has 1 saturated carbocycles. The van der Waals surface area contributed by atoms with Crippen LogP contribution in [0.4, 0.5) is 0 Å². The molecule has 1 aliphatic rings. The largest absolute Gasteiger partial charge is 0.298 e. The molecule has 1 aliphatic carbocycles. The van der Waals surface area contributed by atoms with Crippen molar-refractivity contribution in [1.29, 1.82) is 0 Å². The van der Waals surface area contributed by atoms with Gasteiger partial charge in [-0.2, -0.15) is 0 Å². The molecule has 0 aromatic heterocycles. The number of rotatable bonds is 6. The van der Waals surface area contributed by atoms with Crippen LogP contribution in [-0.2, 0) is 4.79 Å². The van der Waals surface area contributed by atoms with E-state index in [0.29, 0.717) is 11.7 Å². The van der Waals surface area contributed by atoms with Crippen molar-refractivity contribution in [1.82, 2.24) is 4.90 Å². The maximum atomic E-state index is 12.8. The Morgan fingerprint density at radius 1 is 1.22 bits per heavy atom. The normalized spacial score (nSPS) is 28.9. The minimum absolute atomic E-state index is 0.158. The van der Waals surface area contributed by atoms with Gasteiger partial charge in [0.1, 0.15) is 0 Å². The molecule has 2 nitrogen and oxygen atoms in total. The summed E-state index contributed by atoms with van der Waals surface area (Å²) in [6, 6.07) is 0. The molecule has 0 N–H and O–H groups in total. The monoisotopic (exact) mass is 253 g/mol. The molecule has 0 heterocycles. The van der Waals surface area contributed by atoms with E-state index in [-0.39, 0.29) is 5.54 Å². The highest BCUT2D eigenvalue weighted by Gasteiger charge is 2.42. The van der Waals surface area contributed by atoms with Gasteiger partial charge in [-0.05, 0) is 51.6 Å². The number of carbonyl (C=O) groups excluding carboxylic acids is 1. The fourth-order valence-corrected chi connectivity index (χ4v) is 3.24. The van der Waals surface area contributed by atoms with Gasteiger partial charge >= 0.3 is 0 Å². The van der Waals surface area contributed by atoms with Gasteiger partial charge < -0.3 is 0 Å². The molecule has 0 bridgehead atoms. The smallest absolute Gasteiger partial charge is 0.153 e. The number of carbonyl (C=O) groups is 1. The van der Waals surface area contributed by atoms with Gasteiger partial charge in [-0.3, -0.25) is 9.69 Å². The standard InChI is InChI=1S/C16H31NO/c1-6-14(7-2)12-15(18)16(17(4)5)10-8-13(3)9-11-16/h13-14H,6-12H2,1-5H3. The Labute approximate surface area is 113 Å². The average Bonchev–Trinajstić information content (AvgIpc) is 2.36. The molecular formula is C16H31NO. The first-order valence-electron chi connectivity index (χ1n) is 7.67. The first-order chi connectivity index (χ1) is 8.46. The van der Waals surface area contributed by atoms with E-state index in [0.717, 1.165) is 38.0 Å². The minimum Gasteiger partial charge on any atom is -0.298 e. The summed E-state index contributed by atoms with van der Waals surface area (Å²) in [5.74, 6) is 1.86. The lowest BCUT2D eigenvalue weighted by molar-refractivity contribution is -0.133. The molecule has 0 saturated heterocycles. The van der Waals surface area contributed by atoms with Crippen LogP contribution in [0.2, 0.25) is 0 Å². The van der Waals surface area contributed by atoms with Crippen LogP contribution in [-0.4, -0.2) is 30.3 Å². The van der Waals surface area contributed by atoms with E-state index in [1.807, 2.05) is 0 Å². The molecule has 0 spiro atoms. The van der Waals surface area contributed by atoms with Gasteiger partial charge in [0, 0.05) is 6.42 Å². The quantitative estimate of drug-likeness (QED) is 0.715. The van der Waals surface area contributed by atoms with Gasteiger partial charge in [0.25, 0.3) is 0 Å². The fourth-order valence-electron chi connectivity index (χ4n) is 3.24. The number of ketones is 1. The lowest BCUT2D eigenvalue weighted by atomic mass is 9.72. The first kappa shape index (κ1) is 15.7. The summed E-state index contributed by atoms with van der Waals surface area (Å²) in [7, 11) is 4.17. The Balaban J connectivity index is 2.75. The molecule has 2 heteroatoms. The second-order valence-electron chi connectivity index (χ2n) is 6.42. The van der Waals surface area contributed by atoms with Crippen LogP contribution in [0.1, 0.15) is 65.7 Å². The molecule has 0 unspecified atom stereocenters. The topological polar surface area (TPSA) is 20.3 Å². The van der Waals surface area contributed by atoms with Crippen LogP contribution in [0.5, 0.6) is 0 Å². The van der Waals surface area contributed by atoms with Crippen LogP contribution in [0.3, 0.4) is 0 Å². The molecule has 1 fully saturated rings. The minimum atomic E-state index is -0.158. The summed E-state index contributed by atoms with van der Waals surface area (Å²) >= 11 is 0. The third-order valence-corrected chi connectivity index (χ3v) is 5.11. The summed E-state index contributed by atoms with van der Waals surface area (Å²) in [5.41, 5.74) is -0.158. The predicted molar refractivity (Wildman–Crippen MR) is 77.7 cm³/mol. The Morgan fingerprint density at radius 3 is 2.11 bits per heavy atom. The first-order valence-corrected chi connectivity index (χ1v) is 7.67. The third kappa shape index (κ3) is 3.34. The molecule has 106 valence electrons. The fraction of sp³-hybridized carbons (Fsp3) is 0.938. The van der Waals surface area contributed by atoms with Crippen LogP contribution < -0.4 is 0 Å². The molecule has 1 rings (SSSR count). The van der Waals surface area contributed by atoms with Gasteiger partial charge in [0.05, 0.1) is 5.54 Å². The van der Waals surface area contributed by atoms with Gasteiger partial charge in [-0.15, -0.1) is 0 Å². The molecule has 0 aromatic carbocycles. The van der Waals surface area contributed by atoms with Crippen LogP contribution >= 0.6 is 0 Å². The highest BCUT2D eigenvalue weighted by molar-refractivity contribution is 5.88. The van der Waals surface area contributed by atoms with E-state index in [2.05, 4.69) is 39.8 Å². The van der Waals surface area contributed by atoms with Crippen molar-refractivity contribution in [2.45, 2.75) is 71.3 Å². The zero-order valence-electron chi connectivity index (χ0n) is 13.0. The Bertz CT molecular complexity index is 260. The van der Waals surface area contributed by atoms with E-state index in [1.165, 1.54) is 12.8 Å². The van der Waals surface area contributed by atoms with E-state index in [9.17, 15) is 4.79 Å². The van der Waals surface area contributed by atoms with Gasteiger partial charge in [0.15, 0.2) is 5.78 Å². The van der Waals surface area contributed by atoms with Gasteiger partial charge in [0.2, 0.25) is 0 Å². The summed E-state index contributed by atoms with van der Waals surface area (Å²) < 4.78 is 0. The SMILES string of the molecule is CCC(CC)CC(=O)C1(N(C)C)CCC(C)CC1. The number of hydrogen-bond donors (Lipinski definition) is 0. The number of hydrogen-bond acceptors (Lipinski definition) is 2. The second kappa shape index (κ2) is 6.70. The van der Waals surface area contributed by atoms with Crippen LogP contribution in [0.25, 0.3) is 0 Å². The van der Waals surface area contributed by atoms with Gasteiger partial charge in [-0.25, -0.2) is 0 Å². The molecular weight excluding hydrogens is 222 g/mol. The van der Waals surface area contributed by atoms with E-state index >= 15 is 0 Å². The number of nitrogens with zero attached hydrogens (tertiary/aromatic N) is 1. The lowest BCUT2D eigenvalue weighted by Crippen LogP contribution is -2.53. The molecule has 0 amide bonds. The summed E-state index contributed by atoms with van der Waals surface area (Å²) in [4.78, 5) is 15.0. The molecule has 0 radical (unpaired) electrons. The van der Waals surface area contributed by atoms with Crippen molar-refractivity contribution in [2.75, 3.05) is 14.1 Å². The summed E-state index contributed by atoms with van der Waals surface area (Å²) in [5, 5.41) is 0. The highest BCUT2D eigenvalue weighted by Crippen LogP contribution is 2.37. The molecule has 0 aromatic rings. The lowest BCUT2D eigenvalue weighted by Gasteiger charge is -2.43. The van der Waals surface area contributed by atoms with Crippen molar-refractivity contribution in [3.05, 3.63) is 0 Å². The van der Waals surface area contributed by atoms with Crippen LogP contribution in [0, 0.1) is 11.8 Å². The molecule has 0 aliphatic heterocycles. The number of Topliss-reactive ketones (excluding diaryl/α,β-unsaturated/α-hetero) is 1. The third-order valence-electron chi connectivity index (χ3n) is 5.11. The van der Waals surface area contributed by atoms with Crippen molar-refractivity contribution in [2.24, 2.45) is 11.8 Å². The maximum absolute atomic E-state index is 12.8. The number of likely N-dealkylation sites (N-methyl/N-ethyl adjacent to an activating group) is 1. The Kier molecular flexibility index (Phi) is 5.84. The maximum Gasteiger partial charge on any atom is 0.153 e. The van der Waals surface area contributed by atoms with Crippen LogP contribution in [0.15, 0.2) is 0 Å². The van der Waals surface area contributed by atoms with E-state index in [4.69, 9.17) is 0 Å². The zero-order chi connectivity index (χ0) is 13.8. The molecule has 18 heavy (non-hydrogen) atoms. The zero-order valence-corrected chi connectivity index (χ0v) is 13.0. The van der Waals surface area contributed by atoms with Crippen molar-refractivity contribution in [3.8, 4) is 0 Å². The highest BCUT2D eigenvalue weighted by atomic mass is 16.1. The Morgan fingerprint density at radius 2 is 1.72 bits per heavy atom. The van der Waals surface area contributed by atoms with Crippen molar-refractivity contribution < 1.29 is 4.79 Å². The second-order valence-corrected chi connectivity index (χ2v) is 6.42.